The molecule has 1 aromatic carbocycles. The van der Waals surface area contributed by atoms with Crippen LogP contribution in [0.3, 0.4) is 0 Å². The Morgan fingerprint density at radius 2 is 1.80 bits per heavy atom. The zero-order chi connectivity index (χ0) is 14.2. The summed E-state index contributed by atoms with van der Waals surface area (Å²) >= 11 is 0. The van der Waals surface area contributed by atoms with E-state index in [2.05, 4.69) is 22.0 Å². The molecule has 0 spiro atoms. The van der Waals surface area contributed by atoms with E-state index in [9.17, 15) is 0 Å². The van der Waals surface area contributed by atoms with Gasteiger partial charge in [0.25, 0.3) is 0 Å². The number of benzene rings is 1. The molecule has 4 nitrogen and oxygen atoms in total. The Hall–Kier alpha value is -2.07. The molecule has 0 radical (unpaired) electrons. The SMILES string of the molecule is COc1ccc(N(CCCN)Cc2ccncc2)cc1. The van der Waals surface area contributed by atoms with E-state index < -0.39 is 0 Å². The summed E-state index contributed by atoms with van der Waals surface area (Å²) in [5.74, 6) is 0.872. The molecule has 0 bridgehead atoms. The highest BCUT2D eigenvalue weighted by atomic mass is 16.5. The van der Waals surface area contributed by atoms with E-state index >= 15 is 0 Å². The van der Waals surface area contributed by atoms with Gasteiger partial charge in [-0.2, -0.15) is 0 Å². The molecule has 20 heavy (non-hydrogen) atoms. The van der Waals surface area contributed by atoms with Crippen LogP contribution in [0.2, 0.25) is 0 Å². The lowest BCUT2D eigenvalue weighted by molar-refractivity contribution is 0.415. The molecule has 2 N–H and O–H groups in total. The van der Waals surface area contributed by atoms with Crippen LogP contribution in [0.15, 0.2) is 48.8 Å². The molecule has 0 saturated heterocycles. The monoisotopic (exact) mass is 271 g/mol. The van der Waals surface area contributed by atoms with E-state index in [4.69, 9.17) is 10.5 Å². The fourth-order valence-electron chi connectivity index (χ4n) is 2.08. The van der Waals surface area contributed by atoms with Gasteiger partial charge in [-0.1, -0.05) is 0 Å². The predicted molar refractivity (Wildman–Crippen MR) is 82.0 cm³/mol. The van der Waals surface area contributed by atoms with Crippen molar-refractivity contribution in [2.75, 3.05) is 25.1 Å². The van der Waals surface area contributed by atoms with Gasteiger partial charge in [-0.05, 0) is 54.9 Å². The summed E-state index contributed by atoms with van der Waals surface area (Å²) in [5, 5.41) is 0. The number of pyridine rings is 1. The molecule has 1 aromatic heterocycles. The van der Waals surface area contributed by atoms with Crippen LogP contribution >= 0.6 is 0 Å². The van der Waals surface area contributed by atoms with Crippen molar-refractivity contribution in [3.63, 3.8) is 0 Å². The molecule has 0 amide bonds. The van der Waals surface area contributed by atoms with Gasteiger partial charge in [0, 0.05) is 31.2 Å². The highest BCUT2D eigenvalue weighted by molar-refractivity contribution is 5.49. The first-order chi connectivity index (χ1) is 9.83. The third kappa shape index (κ3) is 3.96. The van der Waals surface area contributed by atoms with Gasteiger partial charge in [0.05, 0.1) is 7.11 Å². The van der Waals surface area contributed by atoms with Gasteiger partial charge in [-0.15, -0.1) is 0 Å². The van der Waals surface area contributed by atoms with Crippen LogP contribution in [-0.2, 0) is 6.54 Å². The number of anilines is 1. The standard InChI is InChI=1S/C16H21N3O/c1-20-16-5-3-15(4-6-16)19(12-2-9-17)13-14-7-10-18-11-8-14/h3-8,10-11H,2,9,12-13,17H2,1H3. The number of ether oxygens (including phenoxy) is 1. The van der Waals surface area contributed by atoms with Gasteiger partial charge < -0.3 is 15.4 Å². The van der Waals surface area contributed by atoms with Crippen molar-refractivity contribution in [1.82, 2.24) is 4.98 Å². The number of nitrogens with zero attached hydrogens (tertiary/aromatic N) is 2. The van der Waals surface area contributed by atoms with Crippen molar-refractivity contribution < 1.29 is 4.74 Å². The van der Waals surface area contributed by atoms with E-state index in [1.807, 2.05) is 36.7 Å². The van der Waals surface area contributed by atoms with Crippen LogP contribution in [0, 0.1) is 0 Å². The Morgan fingerprint density at radius 1 is 1.10 bits per heavy atom. The number of nitrogens with two attached hydrogens (primary N) is 1. The Morgan fingerprint density at radius 3 is 2.40 bits per heavy atom. The van der Waals surface area contributed by atoms with Crippen LogP contribution in [0.4, 0.5) is 5.69 Å². The first kappa shape index (κ1) is 14.3. The molecular weight excluding hydrogens is 250 g/mol. The Labute approximate surface area is 120 Å². The zero-order valence-electron chi connectivity index (χ0n) is 11.8. The summed E-state index contributed by atoms with van der Waals surface area (Å²) in [6.07, 6.45) is 4.62. The molecule has 0 fully saturated rings. The average Bonchev–Trinajstić information content (AvgIpc) is 2.52. The van der Waals surface area contributed by atoms with Crippen molar-refractivity contribution in [3.05, 3.63) is 54.4 Å². The molecule has 0 atom stereocenters. The van der Waals surface area contributed by atoms with Crippen LogP contribution in [0.1, 0.15) is 12.0 Å². The van der Waals surface area contributed by atoms with E-state index in [0.717, 1.165) is 25.3 Å². The summed E-state index contributed by atoms with van der Waals surface area (Å²) in [6, 6.07) is 12.2. The average molecular weight is 271 g/mol. The molecule has 0 aliphatic rings. The topological polar surface area (TPSA) is 51.4 Å². The van der Waals surface area contributed by atoms with Gasteiger partial charge in [-0.3, -0.25) is 4.98 Å². The number of methoxy groups -OCH3 is 1. The van der Waals surface area contributed by atoms with Gasteiger partial charge in [0.2, 0.25) is 0 Å². The molecule has 2 aromatic rings. The second-order valence-corrected chi connectivity index (χ2v) is 4.62. The number of aromatic nitrogens is 1. The third-order valence-corrected chi connectivity index (χ3v) is 3.19. The van der Waals surface area contributed by atoms with E-state index in [-0.39, 0.29) is 0 Å². The molecule has 0 aliphatic heterocycles. The molecule has 4 heteroatoms. The number of hydrogen-bond donors (Lipinski definition) is 1. The first-order valence-corrected chi connectivity index (χ1v) is 6.81. The fraction of sp³-hybridized carbons (Fsp3) is 0.312. The van der Waals surface area contributed by atoms with Gasteiger partial charge in [-0.25, -0.2) is 0 Å². The molecule has 0 aliphatic carbocycles. The predicted octanol–water partition coefficient (Wildman–Crippen LogP) is 2.45. The van der Waals surface area contributed by atoms with Gasteiger partial charge in [0.1, 0.15) is 5.75 Å². The quantitative estimate of drug-likeness (QED) is 0.840. The van der Waals surface area contributed by atoms with E-state index in [1.165, 1.54) is 11.3 Å². The summed E-state index contributed by atoms with van der Waals surface area (Å²) < 4.78 is 5.20. The highest BCUT2D eigenvalue weighted by Gasteiger charge is 2.07. The molecule has 0 unspecified atom stereocenters. The number of hydrogen-bond acceptors (Lipinski definition) is 4. The highest BCUT2D eigenvalue weighted by Crippen LogP contribution is 2.21. The molecular formula is C16H21N3O. The van der Waals surface area contributed by atoms with Gasteiger partial charge in [0.15, 0.2) is 0 Å². The summed E-state index contributed by atoms with van der Waals surface area (Å²) in [6.45, 7) is 2.49. The maximum absolute atomic E-state index is 5.64. The zero-order valence-corrected chi connectivity index (χ0v) is 11.8. The maximum atomic E-state index is 5.64. The minimum Gasteiger partial charge on any atom is -0.497 e. The van der Waals surface area contributed by atoms with Crippen molar-refractivity contribution in [2.45, 2.75) is 13.0 Å². The van der Waals surface area contributed by atoms with Crippen LogP contribution in [0.5, 0.6) is 5.75 Å². The summed E-state index contributed by atoms with van der Waals surface area (Å²) in [4.78, 5) is 6.38. The molecule has 2 rings (SSSR count). The van der Waals surface area contributed by atoms with Crippen molar-refractivity contribution >= 4 is 5.69 Å². The molecule has 106 valence electrons. The lowest BCUT2D eigenvalue weighted by Crippen LogP contribution is -2.25. The van der Waals surface area contributed by atoms with Crippen LogP contribution in [-0.4, -0.2) is 25.2 Å². The van der Waals surface area contributed by atoms with Crippen molar-refractivity contribution in [3.8, 4) is 5.75 Å². The Balaban J connectivity index is 2.13. The number of rotatable bonds is 7. The largest absolute Gasteiger partial charge is 0.497 e. The van der Waals surface area contributed by atoms with Crippen LogP contribution in [0.25, 0.3) is 0 Å². The normalized spacial score (nSPS) is 10.3. The van der Waals surface area contributed by atoms with Crippen molar-refractivity contribution in [1.29, 1.82) is 0 Å². The molecule has 0 saturated carbocycles. The lowest BCUT2D eigenvalue weighted by Gasteiger charge is -2.25. The molecule has 1 heterocycles. The summed E-state index contributed by atoms with van der Waals surface area (Å²) in [5.41, 5.74) is 8.06. The minimum atomic E-state index is 0.697. The smallest absolute Gasteiger partial charge is 0.119 e. The third-order valence-electron chi connectivity index (χ3n) is 3.19. The fourth-order valence-corrected chi connectivity index (χ4v) is 2.08. The van der Waals surface area contributed by atoms with Gasteiger partial charge >= 0.3 is 0 Å². The second-order valence-electron chi connectivity index (χ2n) is 4.62. The Kier molecular flexibility index (Phi) is 5.38. The van der Waals surface area contributed by atoms with E-state index in [0.29, 0.717) is 6.54 Å². The Bertz CT molecular complexity index is 499. The van der Waals surface area contributed by atoms with Crippen molar-refractivity contribution in [2.24, 2.45) is 5.73 Å². The van der Waals surface area contributed by atoms with Crippen LogP contribution < -0.4 is 15.4 Å². The maximum Gasteiger partial charge on any atom is 0.119 e. The second kappa shape index (κ2) is 7.50. The summed E-state index contributed by atoms with van der Waals surface area (Å²) in [7, 11) is 1.68. The first-order valence-electron chi connectivity index (χ1n) is 6.81. The van der Waals surface area contributed by atoms with E-state index in [1.54, 1.807) is 7.11 Å². The minimum absolute atomic E-state index is 0.697. The lowest BCUT2D eigenvalue weighted by atomic mass is 10.2.